The molecule has 2 heterocycles. The molecule has 3 aromatic rings. The molecule has 0 radical (unpaired) electrons. The molecule has 0 saturated carbocycles. The first-order chi connectivity index (χ1) is 15.2. The van der Waals surface area contributed by atoms with Gasteiger partial charge in [-0.15, -0.1) is 0 Å². The number of nitrogens with zero attached hydrogens (tertiary/aromatic N) is 2. The third kappa shape index (κ3) is 3.61. The minimum atomic E-state index is -0.834. The Hall–Kier alpha value is -3.71. The zero-order valence-electron chi connectivity index (χ0n) is 17.6. The van der Waals surface area contributed by atoms with Gasteiger partial charge >= 0.3 is 6.03 Å². The summed E-state index contributed by atoms with van der Waals surface area (Å²) in [4.78, 5) is 39.1. The van der Waals surface area contributed by atoms with Crippen molar-refractivity contribution < 1.29 is 18.8 Å². The predicted octanol–water partition coefficient (Wildman–Crippen LogP) is 4.86. The highest BCUT2D eigenvalue weighted by molar-refractivity contribution is 6.40. The average Bonchev–Trinajstić information content (AvgIpc) is 3.02. The van der Waals surface area contributed by atoms with Gasteiger partial charge in [0.1, 0.15) is 11.4 Å². The molecule has 6 nitrogen and oxygen atoms in total. The summed E-state index contributed by atoms with van der Waals surface area (Å²) < 4.78 is 15.2. The summed E-state index contributed by atoms with van der Waals surface area (Å²) in [6.07, 6.45) is 1.46. The van der Waals surface area contributed by atoms with E-state index in [1.165, 1.54) is 18.2 Å². The molecule has 1 N–H and O–H groups in total. The van der Waals surface area contributed by atoms with Crippen LogP contribution in [-0.4, -0.2) is 22.4 Å². The lowest BCUT2D eigenvalue weighted by Gasteiger charge is -2.27. The molecular weight excluding hydrogens is 433 g/mol. The van der Waals surface area contributed by atoms with Crippen LogP contribution in [0, 0.1) is 26.6 Å². The van der Waals surface area contributed by atoms with Crippen LogP contribution in [0.4, 0.5) is 14.9 Å². The molecule has 0 unspecified atom stereocenters. The zero-order valence-corrected chi connectivity index (χ0v) is 18.3. The predicted molar refractivity (Wildman–Crippen MR) is 120 cm³/mol. The third-order valence-electron chi connectivity index (χ3n) is 5.44. The molecule has 1 saturated heterocycles. The summed E-state index contributed by atoms with van der Waals surface area (Å²) in [6, 6.07) is 11.9. The van der Waals surface area contributed by atoms with E-state index in [1.54, 1.807) is 37.3 Å². The van der Waals surface area contributed by atoms with Gasteiger partial charge < -0.3 is 4.57 Å². The fourth-order valence-electron chi connectivity index (χ4n) is 3.79. The van der Waals surface area contributed by atoms with Crippen molar-refractivity contribution in [1.82, 2.24) is 9.88 Å². The fourth-order valence-corrected chi connectivity index (χ4v) is 3.96. The van der Waals surface area contributed by atoms with Crippen molar-refractivity contribution >= 4 is 41.2 Å². The molecule has 32 heavy (non-hydrogen) atoms. The van der Waals surface area contributed by atoms with Gasteiger partial charge in [-0.2, -0.15) is 0 Å². The van der Waals surface area contributed by atoms with E-state index in [2.05, 4.69) is 5.32 Å². The molecule has 1 fully saturated rings. The number of barbiturate groups is 1. The van der Waals surface area contributed by atoms with E-state index in [0.717, 1.165) is 22.0 Å². The lowest BCUT2D eigenvalue weighted by Crippen LogP contribution is -2.54. The SMILES string of the molecule is Cc1c(Cl)cccc1N1C(=O)NC(=O)/C(=C\c2cc(C)n(-c3ccc(F)cc3)c2C)C1=O. The second-order valence-electron chi connectivity index (χ2n) is 7.48. The first-order valence-electron chi connectivity index (χ1n) is 9.80. The Morgan fingerprint density at radius 2 is 1.69 bits per heavy atom. The highest BCUT2D eigenvalue weighted by Gasteiger charge is 2.37. The molecule has 4 rings (SSSR count). The van der Waals surface area contributed by atoms with E-state index in [9.17, 15) is 18.8 Å². The van der Waals surface area contributed by atoms with Crippen LogP contribution in [-0.2, 0) is 9.59 Å². The summed E-state index contributed by atoms with van der Waals surface area (Å²) in [7, 11) is 0. The number of amides is 4. The van der Waals surface area contributed by atoms with Gasteiger partial charge in [-0.1, -0.05) is 17.7 Å². The Morgan fingerprint density at radius 3 is 2.38 bits per heavy atom. The lowest BCUT2D eigenvalue weighted by molar-refractivity contribution is -0.122. The number of carbonyl (C=O) groups excluding carboxylic acids is 3. The average molecular weight is 452 g/mol. The number of hydrogen-bond acceptors (Lipinski definition) is 3. The topological polar surface area (TPSA) is 71.4 Å². The maximum absolute atomic E-state index is 13.3. The Bertz CT molecular complexity index is 1310. The van der Waals surface area contributed by atoms with Crippen LogP contribution in [0.1, 0.15) is 22.5 Å². The number of aryl methyl sites for hydroxylation is 1. The summed E-state index contributed by atoms with van der Waals surface area (Å²) in [6.45, 7) is 5.39. The van der Waals surface area contributed by atoms with Crippen LogP contribution in [0.2, 0.25) is 5.02 Å². The monoisotopic (exact) mass is 451 g/mol. The first kappa shape index (κ1) is 21.5. The van der Waals surface area contributed by atoms with Crippen LogP contribution < -0.4 is 10.2 Å². The summed E-state index contributed by atoms with van der Waals surface area (Å²) in [5.41, 5.74) is 3.63. The molecule has 0 spiro atoms. The highest BCUT2D eigenvalue weighted by atomic mass is 35.5. The Balaban J connectivity index is 1.78. The number of nitrogens with one attached hydrogen (secondary N) is 1. The summed E-state index contributed by atoms with van der Waals surface area (Å²) in [5, 5.41) is 2.62. The zero-order chi connectivity index (χ0) is 23.2. The number of hydrogen-bond donors (Lipinski definition) is 1. The van der Waals surface area contributed by atoms with Crippen LogP contribution >= 0.6 is 11.6 Å². The molecule has 1 aromatic heterocycles. The summed E-state index contributed by atoms with van der Waals surface area (Å²) >= 11 is 6.15. The second kappa shape index (κ2) is 8.09. The van der Waals surface area contributed by atoms with Crippen molar-refractivity contribution in [1.29, 1.82) is 0 Å². The van der Waals surface area contributed by atoms with Gasteiger partial charge in [0.15, 0.2) is 0 Å². The van der Waals surface area contributed by atoms with Crippen molar-refractivity contribution in [3.05, 3.63) is 87.5 Å². The minimum Gasteiger partial charge on any atom is -0.318 e. The normalized spacial score (nSPS) is 15.5. The number of halogens is 2. The molecule has 4 amide bonds. The van der Waals surface area contributed by atoms with Crippen molar-refractivity contribution in [2.75, 3.05) is 4.90 Å². The van der Waals surface area contributed by atoms with Crippen molar-refractivity contribution in [3.63, 3.8) is 0 Å². The number of carbonyl (C=O) groups is 3. The number of anilines is 1. The molecule has 2 aromatic carbocycles. The third-order valence-corrected chi connectivity index (χ3v) is 5.85. The van der Waals surface area contributed by atoms with Crippen molar-refractivity contribution in [2.45, 2.75) is 20.8 Å². The van der Waals surface area contributed by atoms with Gasteiger partial charge in [0, 0.05) is 22.1 Å². The van der Waals surface area contributed by atoms with Crippen LogP contribution in [0.25, 0.3) is 11.8 Å². The highest BCUT2D eigenvalue weighted by Crippen LogP contribution is 2.30. The van der Waals surface area contributed by atoms with Crippen molar-refractivity contribution in [3.8, 4) is 5.69 Å². The second-order valence-corrected chi connectivity index (χ2v) is 7.89. The van der Waals surface area contributed by atoms with Crippen LogP contribution in [0.3, 0.4) is 0 Å². The van der Waals surface area contributed by atoms with Gasteiger partial charge in [-0.05, 0) is 80.4 Å². The number of aromatic nitrogens is 1. The van der Waals surface area contributed by atoms with Gasteiger partial charge in [-0.25, -0.2) is 14.1 Å². The largest absolute Gasteiger partial charge is 0.335 e. The Morgan fingerprint density at radius 1 is 1.00 bits per heavy atom. The maximum Gasteiger partial charge on any atom is 0.335 e. The number of urea groups is 1. The minimum absolute atomic E-state index is 0.177. The van der Waals surface area contributed by atoms with E-state index >= 15 is 0 Å². The maximum atomic E-state index is 13.3. The van der Waals surface area contributed by atoms with E-state index < -0.39 is 17.8 Å². The number of benzene rings is 2. The standard InChI is InChI=1S/C24H19ClFN3O3/c1-13-11-16(15(3)28(13)18-9-7-17(26)8-10-18)12-19-22(30)27-24(32)29(23(19)31)21-6-4-5-20(25)14(21)2/h4-12H,1-3H3,(H,27,30,32)/b19-12+. The van der Waals surface area contributed by atoms with Crippen LogP contribution in [0.15, 0.2) is 54.1 Å². The Labute approximate surface area is 188 Å². The summed E-state index contributed by atoms with van der Waals surface area (Å²) in [5.74, 6) is -1.86. The quantitative estimate of drug-likeness (QED) is 0.456. The van der Waals surface area contributed by atoms with Crippen molar-refractivity contribution in [2.24, 2.45) is 0 Å². The molecule has 162 valence electrons. The first-order valence-corrected chi connectivity index (χ1v) is 10.2. The molecule has 0 bridgehead atoms. The van der Waals surface area contributed by atoms with Gasteiger partial charge in [0.25, 0.3) is 11.8 Å². The molecular formula is C24H19ClFN3O3. The molecule has 1 aliphatic heterocycles. The Kier molecular flexibility index (Phi) is 5.44. The van der Waals surface area contributed by atoms with Crippen LogP contribution in [0.5, 0.6) is 0 Å². The molecule has 0 atom stereocenters. The number of imide groups is 2. The van der Waals surface area contributed by atoms with E-state index in [-0.39, 0.29) is 11.4 Å². The molecule has 1 aliphatic rings. The fraction of sp³-hybridized carbons (Fsp3) is 0.125. The van der Waals surface area contributed by atoms with E-state index in [4.69, 9.17) is 11.6 Å². The number of rotatable bonds is 3. The lowest BCUT2D eigenvalue weighted by atomic mass is 10.1. The van der Waals surface area contributed by atoms with Gasteiger partial charge in [0.2, 0.25) is 0 Å². The molecule has 0 aliphatic carbocycles. The van der Waals surface area contributed by atoms with E-state index in [1.807, 2.05) is 24.5 Å². The smallest absolute Gasteiger partial charge is 0.318 e. The van der Waals surface area contributed by atoms with E-state index in [0.29, 0.717) is 21.8 Å². The molecule has 8 heteroatoms. The van der Waals surface area contributed by atoms with Gasteiger partial charge in [0.05, 0.1) is 5.69 Å². The van der Waals surface area contributed by atoms with Gasteiger partial charge in [-0.3, -0.25) is 14.9 Å².